The Morgan fingerprint density at radius 2 is 1.93 bits per heavy atom. The smallest absolute Gasteiger partial charge is 0.321 e. The van der Waals surface area contributed by atoms with Crippen molar-refractivity contribution in [3.05, 3.63) is 0 Å². The minimum atomic E-state index is -1.04. The second kappa shape index (κ2) is 5.37. The normalized spacial score (nSPS) is 15.7. The van der Waals surface area contributed by atoms with E-state index in [0.717, 1.165) is 0 Å². The number of rotatable bonds is 6. The van der Waals surface area contributed by atoms with E-state index in [1.807, 2.05) is 0 Å². The first-order valence-corrected chi connectivity index (χ1v) is 5.58. The Morgan fingerprint density at radius 3 is 2.27 bits per heavy atom. The summed E-state index contributed by atoms with van der Waals surface area (Å²) in [6.07, 6.45) is 0. The monoisotopic (exact) mass is 234 g/mol. The maximum absolute atomic E-state index is 10.8. The molecule has 0 spiro atoms. The van der Waals surface area contributed by atoms with Crippen molar-refractivity contribution < 1.29 is 14.7 Å². The summed E-state index contributed by atoms with van der Waals surface area (Å²) in [7, 11) is 0. The maximum Gasteiger partial charge on any atom is 0.321 e. The van der Waals surface area contributed by atoms with Crippen LogP contribution in [0.2, 0.25) is 0 Å². The molecule has 0 radical (unpaired) electrons. The second-order valence-electron chi connectivity index (χ2n) is 4.03. The molecule has 0 saturated carbocycles. The molecule has 0 heterocycles. The van der Waals surface area contributed by atoms with E-state index >= 15 is 0 Å². The molecule has 88 valence electrons. The molecule has 6 heteroatoms. The summed E-state index contributed by atoms with van der Waals surface area (Å²) >= 11 is 1.34. The Kier molecular flexibility index (Phi) is 5.10. The van der Waals surface area contributed by atoms with Crippen LogP contribution in [0.15, 0.2) is 0 Å². The summed E-state index contributed by atoms with van der Waals surface area (Å²) in [6.45, 7) is 5.19. The number of carboxylic acid groups (broad SMARTS) is 1. The van der Waals surface area contributed by atoms with Gasteiger partial charge < -0.3 is 16.6 Å². The summed E-state index contributed by atoms with van der Waals surface area (Å²) in [6, 6.07) is -0.956. The van der Waals surface area contributed by atoms with Crippen LogP contribution in [-0.2, 0) is 9.59 Å². The Morgan fingerprint density at radius 1 is 1.47 bits per heavy atom. The zero-order valence-corrected chi connectivity index (χ0v) is 10.0. The molecule has 1 amide bonds. The number of carboxylic acids is 1. The fourth-order valence-corrected chi connectivity index (χ4v) is 1.93. The molecule has 0 aromatic carbocycles. The van der Waals surface area contributed by atoms with Gasteiger partial charge in [-0.3, -0.25) is 9.59 Å². The SMILES string of the molecule is CC(CSC(C)(C)[C@H](N)C(=O)O)C(N)=O. The van der Waals surface area contributed by atoms with E-state index in [-0.39, 0.29) is 11.8 Å². The van der Waals surface area contributed by atoms with Gasteiger partial charge in [-0.25, -0.2) is 0 Å². The van der Waals surface area contributed by atoms with Crippen molar-refractivity contribution in [3.8, 4) is 0 Å². The lowest BCUT2D eigenvalue weighted by Gasteiger charge is -2.28. The number of carbonyl (C=O) groups is 2. The first-order valence-electron chi connectivity index (χ1n) is 4.60. The third-order valence-electron chi connectivity index (χ3n) is 2.21. The van der Waals surface area contributed by atoms with Gasteiger partial charge in [0.25, 0.3) is 0 Å². The molecular weight excluding hydrogens is 216 g/mol. The van der Waals surface area contributed by atoms with Gasteiger partial charge in [0.05, 0.1) is 0 Å². The molecule has 0 aliphatic heterocycles. The van der Waals surface area contributed by atoms with Crippen LogP contribution in [0.5, 0.6) is 0 Å². The highest BCUT2D eigenvalue weighted by Gasteiger charge is 2.33. The van der Waals surface area contributed by atoms with Crippen LogP contribution < -0.4 is 11.5 Å². The van der Waals surface area contributed by atoms with Crippen molar-refractivity contribution >= 4 is 23.6 Å². The number of carbonyl (C=O) groups excluding carboxylic acids is 1. The summed E-state index contributed by atoms with van der Waals surface area (Å²) in [5.41, 5.74) is 10.6. The lowest BCUT2D eigenvalue weighted by Crippen LogP contribution is -2.47. The highest BCUT2D eigenvalue weighted by molar-refractivity contribution is 8.00. The molecule has 15 heavy (non-hydrogen) atoms. The standard InChI is InChI=1S/C9H18N2O3S/c1-5(7(11)12)4-15-9(2,3)6(10)8(13)14/h5-6H,4,10H2,1-3H3,(H2,11,12)(H,13,14)/t5?,6-/m1/s1. The molecule has 2 atom stereocenters. The van der Waals surface area contributed by atoms with E-state index in [2.05, 4.69) is 0 Å². The van der Waals surface area contributed by atoms with Crippen LogP contribution in [0.1, 0.15) is 20.8 Å². The molecule has 0 saturated heterocycles. The molecule has 0 rings (SSSR count). The quantitative estimate of drug-likeness (QED) is 0.601. The fourth-order valence-electron chi connectivity index (χ4n) is 0.809. The van der Waals surface area contributed by atoms with Crippen molar-refractivity contribution in [1.82, 2.24) is 0 Å². The highest BCUT2D eigenvalue weighted by Crippen LogP contribution is 2.29. The predicted molar refractivity (Wildman–Crippen MR) is 60.5 cm³/mol. The van der Waals surface area contributed by atoms with Gasteiger partial charge in [-0.1, -0.05) is 6.92 Å². The molecule has 5 N–H and O–H groups in total. The van der Waals surface area contributed by atoms with Crippen molar-refractivity contribution in [2.75, 3.05) is 5.75 Å². The van der Waals surface area contributed by atoms with Crippen molar-refractivity contribution in [1.29, 1.82) is 0 Å². The van der Waals surface area contributed by atoms with Gasteiger partial charge in [0.15, 0.2) is 0 Å². The van der Waals surface area contributed by atoms with E-state index in [4.69, 9.17) is 16.6 Å². The number of primary amides is 1. The van der Waals surface area contributed by atoms with Crippen LogP contribution >= 0.6 is 11.8 Å². The predicted octanol–water partition coefficient (Wildman–Crippen LogP) is 0.0315. The molecule has 0 bridgehead atoms. The molecule has 0 aliphatic carbocycles. The van der Waals surface area contributed by atoms with Crippen molar-refractivity contribution in [2.45, 2.75) is 31.6 Å². The van der Waals surface area contributed by atoms with E-state index in [0.29, 0.717) is 5.75 Å². The van der Waals surface area contributed by atoms with Gasteiger partial charge >= 0.3 is 5.97 Å². The first-order chi connectivity index (χ1) is 6.68. The van der Waals surface area contributed by atoms with Crippen LogP contribution in [0.4, 0.5) is 0 Å². The van der Waals surface area contributed by atoms with Crippen LogP contribution in [0.25, 0.3) is 0 Å². The number of nitrogens with two attached hydrogens (primary N) is 2. The van der Waals surface area contributed by atoms with Gasteiger partial charge in [0.2, 0.25) is 5.91 Å². The van der Waals surface area contributed by atoms with Gasteiger partial charge in [-0.2, -0.15) is 11.8 Å². The summed E-state index contributed by atoms with van der Waals surface area (Å²) in [5.74, 6) is -1.24. The topological polar surface area (TPSA) is 106 Å². The number of hydrogen-bond donors (Lipinski definition) is 3. The molecular formula is C9H18N2O3S. The van der Waals surface area contributed by atoms with Gasteiger partial charge in [0, 0.05) is 16.4 Å². The number of aliphatic carboxylic acids is 1. The van der Waals surface area contributed by atoms with Crippen molar-refractivity contribution in [2.24, 2.45) is 17.4 Å². The van der Waals surface area contributed by atoms with Crippen molar-refractivity contribution in [3.63, 3.8) is 0 Å². The molecule has 0 fully saturated rings. The summed E-state index contributed by atoms with van der Waals surface area (Å²) in [5, 5.41) is 8.76. The summed E-state index contributed by atoms with van der Waals surface area (Å²) < 4.78 is -0.616. The summed E-state index contributed by atoms with van der Waals surface area (Å²) in [4.78, 5) is 21.5. The fraction of sp³-hybridized carbons (Fsp3) is 0.778. The highest BCUT2D eigenvalue weighted by atomic mass is 32.2. The maximum atomic E-state index is 10.8. The zero-order valence-electron chi connectivity index (χ0n) is 9.19. The van der Waals surface area contributed by atoms with E-state index in [1.165, 1.54) is 11.8 Å². The molecule has 5 nitrogen and oxygen atoms in total. The minimum absolute atomic E-state index is 0.282. The Labute approximate surface area is 93.6 Å². The first kappa shape index (κ1) is 14.2. The Balaban J connectivity index is 4.26. The molecule has 1 unspecified atom stereocenters. The van der Waals surface area contributed by atoms with Gasteiger partial charge in [0.1, 0.15) is 6.04 Å². The third kappa shape index (κ3) is 4.53. The minimum Gasteiger partial charge on any atom is -0.480 e. The number of amides is 1. The number of thioether (sulfide) groups is 1. The van der Waals surface area contributed by atoms with Crippen LogP contribution in [0, 0.1) is 5.92 Å². The van der Waals surface area contributed by atoms with E-state index < -0.39 is 16.8 Å². The third-order valence-corrected chi connectivity index (χ3v) is 3.87. The molecule has 0 aliphatic rings. The average molecular weight is 234 g/mol. The Hall–Kier alpha value is -0.750. The van der Waals surface area contributed by atoms with E-state index in [1.54, 1.807) is 20.8 Å². The second-order valence-corrected chi connectivity index (χ2v) is 5.71. The lowest BCUT2D eigenvalue weighted by atomic mass is 10.1. The van der Waals surface area contributed by atoms with Gasteiger partial charge in [-0.15, -0.1) is 0 Å². The molecule has 0 aromatic heterocycles. The Bertz CT molecular complexity index is 256. The van der Waals surface area contributed by atoms with Gasteiger partial charge in [-0.05, 0) is 13.8 Å². The number of hydrogen-bond acceptors (Lipinski definition) is 4. The largest absolute Gasteiger partial charge is 0.480 e. The van der Waals surface area contributed by atoms with Crippen LogP contribution in [0.3, 0.4) is 0 Å². The molecule has 0 aromatic rings. The lowest BCUT2D eigenvalue weighted by molar-refractivity contribution is -0.139. The zero-order chi connectivity index (χ0) is 12.2. The van der Waals surface area contributed by atoms with Crippen LogP contribution in [-0.4, -0.2) is 33.5 Å². The average Bonchev–Trinajstić information content (AvgIpc) is 2.12. The van der Waals surface area contributed by atoms with E-state index in [9.17, 15) is 9.59 Å².